The van der Waals surface area contributed by atoms with Crippen molar-refractivity contribution in [1.29, 1.82) is 0 Å². The second-order valence-electron chi connectivity index (χ2n) is 4.51. The molecule has 0 aromatic rings. The third-order valence-electron chi connectivity index (χ3n) is 3.03. The fourth-order valence-electron chi connectivity index (χ4n) is 2.11. The van der Waals surface area contributed by atoms with E-state index in [2.05, 4.69) is 19.2 Å². The highest BCUT2D eigenvalue weighted by molar-refractivity contribution is 7.99. The average molecular weight is 244 g/mol. The molecule has 1 aliphatic heterocycles. The zero-order chi connectivity index (χ0) is 12.0. The van der Waals surface area contributed by atoms with Crippen LogP contribution in [0.4, 0.5) is 0 Å². The molecular formula is C12H24N2OS. The Hall–Kier alpha value is -0.220. The summed E-state index contributed by atoms with van der Waals surface area (Å²) in [6, 6.07) is 1.18. The van der Waals surface area contributed by atoms with Crippen molar-refractivity contribution in [2.24, 2.45) is 0 Å². The summed E-state index contributed by atoms with van der Waals surface area (Å²) in [4.78, 5) is 13.1. The molecule has 0 spiro atoms. The largest absolute Gasteiger partial charge is 0.343 e. The Labute approximate surface area is 103 Å². The fourth-order valence-corrected chi connectivity index (χ4v) is 2.79. The van der Waals surface area contributed by atoms with Crippen LogP contribution >= 0.6 is 11.8 Å². The summed E-state index contributed by atoms with van der Waals surface area (Å²) in [5, 5.41) is 3.65. The number of thioether (sulfide) groups is 1. The minimum Gasteiger partial charge on any atom is -0.343 e. The van der Waals surface area contributed by atoms with Crippen molar-refractivity contribution in [2.45, 2.75) is 45.7 Å². The van der Waals surface area contributed by atoms with Gasteiger partial charge in [-0.2, -0.15) is 11.8 Å². The van der Waals surface area contributed by atoms with Crippen LogP contribution in [0.1, 0.15) is 33.6 Å². The monoisotopic (exact) mass is 244 g/mol. The first kappa shape index (κ1) is 13.8. The van der Waals surface area contributed by atoms with Crippen molar-refractivity contribution in [3.8, 4) is 0 Å². The minimum absolute atomic E-state index is 0.216. The molecule has 0 saturated carbocycles. The zero-order valence-corrected chi connectivity index (χ0v) is 11.5. The lowest BCUT2D eigenvalue weighted by Gasteiger charge is -2.33. The maximum Gasteiger partial charge on any atom is 0.219 e. The Balaban J connectivity index is 2.18. The molecule has 0 aliphatic carbocycles. The molecular weight excluding hydrogens is 220 g/mol. The van der Waals surface area contributed by atoms with Crippen LogP contribution in [-0.2, 0) is 4.79 Å². The molecule has 1 fully saturated rings. The lowest BCUT2D eigenvalue weighted by molar-refractivity contribution is -0.129. The topological polar surface area (TPSA) is 32.3 Å². The van der Waals surface area contributed by atoms with Gasteiger partial charge in [0.1, 0.15) is 0 Å². The first-order valence-electron chi connectivity index (χ1n) is 6.22. The smallest absolute Gasteiger partial charge is 0.219 e. The van der Waals surface area contributed by atoms with Crippen molar-refractivity contribution in [2.75, 3.05) is 24.6 Å². The Morgan fingerprint density at radius 3 is 2.62 bits per heavy atom. The number of hydrogen-bond donors (Lipinski definition) is 1. The van der Waals surface area contributed by atoms with Crippen LogP contribution in [0.3, 0.4) is 0 Å². The van der Waals surface area contributed by atoms with Gasteiger partial charge in [-0.05, 0) is 25.5 Å². The molecule has 94 valence electrons. The number of carbonyl (C=O) groups excluding carboxylic acids is 1. The summed E-state index contributed by atoms with van der Waals surface area (Å²) in [5.74, 6) is 2.59. The molecule has 0 radical (unpaired) electrons. The molecule has 1 saturated heterocycles. The third-order valence-corrected chi connectivity index (χ3v) is 4.18. The van der Waals surface area contributed by atoms with Crippen molar-refractivity contribution in [3.63, 3.8) is 0 Å². The van der Waals surface area contributed by atoms with Gasteiger partial charge in [0.15, 0.2) is 0 Å². The van der Waals surface area contributed by atoms with Gasteiger partial charge >= 0.3 is 0 Å². The zero-order valence-electron chi connectivity index (χ0n) is 10.7. The van der Waals surface area contributed by atoms with Crippen LogP contribution in [0.2, 0.25) is 0 Å². The van der Waals surface area contributed by atoms with Crippen LogP contribution in [-0.4, -0.2) is 47.5 Å². The van der Waals surface area contributed by atoms with Gasteiger partial charge in [0.2, 0.25) is 5.91 Å². The van der Waals surface area contributed by atoms with Crippen molar-refractivity contribution in [1.82, 2.24) is 10.2 Å². The lowest BCUT2D eigenvalue weighted by Crippen LogP contribution is -2.47. The summed E-state index contributed by atoms with van der Waals surface area (Å²) < 4.78 is 0. The van der Waals surface area contributed by atoms with E-state index < -0.39 is 0 Å². The Morgan fingerprint density at radius 2 is 2.12 bits per heavy atom. The molecule has 1 N–H and O–H groups in total. The standard InChI is InChI=1S/C12H24N2OS/c1-4-16-9-10(2)13-12-5-7-14(8-6-12)11(3)15/h10,12-13H,4-9H2,1-3H3. The van der Waals surface area contributed by atoms with Crippen LogP contribution in [0, 0.1) is 0 Å². The lowest BCUT2D eigenvalue weighted by atomic mass is 10.0. The van der Waals surface area contributed by atoms with Gasteiger partial charge < -0.3 is 10.2 Å². The van der Waals surface area contributed by atoms with E-state index in [9.17, 15) is 4.79 Å². The van der Waals surface area contributed by atoms with Crippen molar-refractivity contribution < 1.29 is 4.79 Å². The number of amides is 1. The van der Waals surface area contributed by atoms with Crippen molar-refractivity contribution in [3.05, 3.63) is 0 Å². The van der Waals surface area contributed by atoms with Crippen LogP contribution in [0.5, 0.6) is 0 Å². The van der Waals surface area contributed by atoms with E-state index in [1.54, 1.807) is 6.92 Å². The second-order valence-corrected chi connectivity index (χ2v) is 5.83. The maximum absolute atomic E-state index is 11.2. The van der Waals surface area contributed by atoms with E-state index in [4.69, 9.17) is 0 Å². The molecule has 0 aromatic heterocycles. The van der Waals surface area contributed by atoms with Gasteiger partial charge in [-0.25, -0.2) is 0 Å². The van der Waals surface area contributed by atoms with Gasteiger partial charge in [-0.15, -0.1) is 0 Å². The Kier molecular flexibility index (Phi) is 6.21. The molecule has 16 heavy (non-hydrogen) atoms. The molecule has 0 aromatic carbocycles. The van der Waals surface area contributed by atoms with E-state index in [0.29, 0.717) is 12.1 Å². The molecule has 1 amide bonds. The first-order valence-corrected chi connectivity index (χ1v) is 7.38. The SMILES string of the molecule is CCSCC(C)NC1CCN(C(C)=O)CC1. The Morgan fingerprint density at radius 1 is 1.50 bits per heavy atom. The van der Waals surface area contributed by atoms with E-state index in [1.165, 1.54) is 11.5 Å². The predicted molar refractivity (Wildman–Crippen MR) is 70.9 cm³/mol. The molecule has 1 atom stereocenters. The molecule has 1 rings (SSSR count). The van der Waals surface area contributed by atoms with Crippen LogP contribution in [0.15, 0.2) is 0 Å². The van der Waals surface area contributed by atoms with Crippen LogP contribution in [0.25, 0.3) is 0 Å². The second kappa shape index (κ2) is 7.17. The number of carbonyl (C=O) groups is 1. The quantitative estimate of drug-likeness (QED) is 0.799. The molecule has 4 heteroatoms. The summed E-state index contributed by atoms with van der Waals surface area (Å²) >= 11 is 1.98. The highest BCUT2D eigenvalue weighted by Crippen LogP contribution is 2.12. The first-order chi connectivity index (χ1) is 7.63. The van der Waals surface area contributed by atoms with Crippen LogP contribution < -0.4 is 5.32 Å². The number of hydrogen-bond acceptors (Lipinski definition) is 3. The molecule has 0 bridgehead atoms. The predicted octanol–water partition coefficient (Wildman–Crippen LogP) is 1.73. The molecule has 3 nitrogen and oxygen atoms in total. The van der Waals surface area contributed by atoms with E-state index in [0.717, 1.165) is 25.9 Å². The average Bonchev–Trinajstić information content (AvgIpc) is 2.27. The molecule has 1 unspecified atom stereocenters. The van der Waals surface area contributed by atoms with Gasteiger partial charge in [-0.1, -0.05) is 6.92 Å². The van der Waals surface area contributed by atoms with Gasteiger partial charge in [0.25, 0.3) is 0 Å². The molecule has 1 heterocycles. The van der Waals surface area contributed by atoms with E-state index >= 15 is 0 Å². The number of piperidine rings is 1. The molecule has 1 aliphatic rings. The summed E-state index contributed by atoms with van der Waals surface area (Å²) in [6.45, 7) is 7.94. The number of nitrogens with zero attached hydrogens (tertiary/aromatic N) is 1. The highest BCUT2D eigenvalue weighted by Gasteiger charge is 2.21. The van der Waals surface area contributed by atoms with E-state index in [-0.39, 0.29) is 5.91 Å². The normalized spacial score (nSPS) is 19.8. The maximum atomic E-state index is 11.2. The summed E-state index contributed by atoms with van der Waals surface area (Å²) in [7, 11) is 0. The fraction of sp³-hybridized carbons (Fsp3) is 0.917. The number of likely N-dealkylation sites (tertiary alicyclic amines) is 1. The minimum atomic E-state index is 0.216. The van der Waals surface area contributed by atoms with Crippen molar-refractivity contribution >= 4 is 17.7 Å². The number of nitrogens with one attached hydrogen (secondary N) is 1. The summed E-state index contributed by atoms with van der Waals surface area (Å²) in [5.41, 5.74) is 0. The highest BCUT2D eigenvalue weighted by atomic mass is 32.2. The number of rotatable bonds is 5. The summed E-state index contributed by atoms with van der Waals surface area (Å²) in [6.07, 6.45) is 2.20. The van der Waals surface area contributed by atoms with Gasteiger partial charge in [-0.3, -0.25) is 4.79 Å². The Bertz CT molecular complexity index is 215. The van der Waals surface area contributed by atoms with Gasteiger partial charge in [0.05, 0.1) is 0 Å². The van der Waals surface area contributed by atoms with E-state index in [1.807, 2.05) is 16.7 Å². The van der Waals surface area contributed by atoms with Gasteiger partial charge in [0, 0.05) is 37.8 Å². The third kappa shape index (κ3) is 4.74.